The molecule has 0 aromatic carbocycles. The lowest BCUT2D eigenvalue weighted by molar-refractivity contribution is 0.0719. The molecule has 7 nitrogen and oxygen atoms in total. The van der Waals surface area contributed by atoms with Gasteiger partial charge in [-0.1, -0.05) is 0 Å². The number of hydrogen-bond donors (Lipinski definition) is 0. The van der Waals surface area contributed by atoms with Crippen LogP contribution in [0.2, 0.25) is 0 Å². The maximum Gasteiger partial charge on any atom is 0.275 e. The van der Waals surface area contributed by atoms with Crippen molar-refractivity contribution < 1.29 is 22.0 Å². The number of hydrogen-bond acceptors (Lipinski definition) is 5. The maximum absolute atomic E-state index is 12.7. The van der Waals surface area contributed by atoms with E-state index in [1.54, 1.807) is 17.2 Å². The third-order valence-electron chi connectivity index (χ3n) is 3.94. The summed E-state index contributed by atoms with van der Waals surface area (Å²) in [5.74, 6) is 0.480. The molecule has 0 saturated carbocycles. The molecule has 2 aromatic rings. The van der Waals surface area contributed by atoms with Crippen LogP contribution in [0.1, 0.15) is 35.0 Å². The van der Waals surface area contributed by atoms with Gasteiger partial charge in [0.2, 0.25) is 5.09 Å². The molecule has 124 valence electrons. The second kappa shape index (κ2) is 5.86. The van der Waals surface area contributed by atoms with Crippen LogP contribution in [0.3, 0.4) is 0 Å². The average Bonchev–Trinajstić information content (AvgIpc) is 3.25. The topological polar surface area (TPSA) is 84.0 Å². The lowest BCUT2D eigenvalue weighted by Crippen LogP contribution is -2.30. The fourth-order valence-electron chi connectivity index (χ4n) is 2.70. The first-order valence-corrected chi connectivity index (χ1v) is 8.70. The van der Waals surface area contributed by atoms with Gasteiger partial charge in [0.25, 0.3) is 15.9 Å². The van der Waals surface area contributed by atoms with Crippen molar-refractivity contribution in [2.24, 2.45) is 0 Å². The van der Waals surface area contributed by atoms with Crippen LogP contribution >= 0.6 is 0 Å². The molecular formula is C15H18N2O5S. The number of likely N-dealkylation sites (tertiary alicyclic amines) is 1. The van der Waals surface area contributed by atoms with Crippen molar-refractivity contribution in [1.82, 2.24) is 9.21 Å². The highest BCUT2D eigenvalue weighted by molar-refractivity contribution is 7.88. The van der Waals surface area contributed by atoms with E-state index in [4.69, 9.17) is 8.83 Å². The Morgan fingerprint density at radius 1 is 1.35 bits per heavy atom. The van der Waals surface area contributed by atoms with Crippen molar-refractivity contribution in [2.45, 2.75) is 24.0 Å². The molecule has 3 heterocycles. The van der Waals surface area contributed by atoms with Gasteiger partial charge in [0, 0.05) is 26.7 Å². The van der Waals surface area contributed by atoms with E-state index < -0.39 is 10.0 Å². The largest absolute Gasteiger partial charge is 0.467 e. The number of furan rings is 2. The van der Waals surface area contributed by atoms with Crippen LogP contribution in [0.15, 0.2) is 44.7 Å². The first-order valence-electron chi connectivity index (χ1n) is 7.26. The van der Waals surface area contributed by atoms with Gasteiger partial charge in [-0.15, -0.1) is 0 Å². The van der Waals surface area contributed by atoms with Gasteiger partial charge in [0.15, 0.2) is 0 Å². The summed E-state index contributed by atoms with van der Waals surface area (Å²) in [7, 11) is -0.873. The molecule has 23 heavy (non-hydrogen) atoms. The number of carbonyl (C=O) groups is 1. The zero-order chi connectivity index (χ0) is 16.6. The molecule has 0 N–H and O–H groups in total. The molecule has 1 aliphatic rings. The summed E-state index contributed by atoms with van der Waals surface area (Å²) in [5, 5.41) is -0.236. The van der Waals surface area contributed by atoms with Gasteiger partial charge in [-0.2, -0.15) is 0 Å². The van der Waals surface area contributed by atoms with Gasteiger partial charge in [-0.25, -0.2) is 12.7 Å². The van der Waals surface area contributed by atoms with Gasteiger partial charge in [-0.05, 0) is 25.0 Å². The fourth-order valence-corrected chi connectivity index (χ4v) is 3.50. The van der Waals surface area contributed by atoms with Crippen LogP contribution in [0.4, 0.5) is 0 Å². The lowest BCUT2D eigenvalue weighted by Gasteiger charge is -2.22. The summed E-state index contributed by atoms with van der Waals surface area (Å²) >= 11 is 0. The Labute approximate surface area is 134 Å². The summed E-state index contributed by atoms with van der Waals surface area (Å²) in [6.45, 7) is 0.602. The van der Waals surface area contributed by atoms with Gasteiger partial charge in [-0.3, -0.25) is 4.79 Å². The monoisotopic (exact) mass is 338 g/mol. The Hall–Kier alpha value is -2.06. The molecule has 1 saturated heterocycles. The van der Waals surface area contributed by atoms with Crippen molar-refractivity contribution in [2.75, 3.05) is 20.6 Å². The first-order chi connectivity index (χ1) is 10.9. The molecule has 1 aliphatic heterocycles. The molecule has 2 aromatic heterocycles. The van der Waals surface area contributed by atoms with E-state index in [1.165, 1.54) is 26.4 Å². The highest BCUT2D eigenvalue weighted by Crippen LogP contribution is 2.33. The molecule has 1 amide bonds. The summed E-state index contributed by atoms with van der Waals surface area (Å²) in [5.41, 5.74) is 0.226. The zero-order valence-corrected chi connectivity index (χ0v) is 13.7. The minimum Gasteiger partial charge on any atom is -0.467 e. The van der Waals surface area contributed by atoms with Crippen LogP contribution < -0.4 is 0 Å². The predicted octanol–water partition coefficient (Wildman–Crippen LogP) is 2.10. The van der Waals surface area contributed by atoms with Crippen LogP contribution in [-0.2, 0) is 10.0 Å². The number of carbonyl (C=O) groups excluding carboxylic acids is 1. The van der Waals surface area contributed by atoms with Crippen molar-refractivity contribution in [3.8, 4) is 0 Å². The Morgan fingerprint density at radius 3 is 2.78 bits per heavy atom. The molecule has 0 aliphatic carbocycles. The van der Waals surface area contributed by atoms with Gasteiger partial charge in [0.05, 0.1) is 17.9 Å². The van der Waals surface area contributed by atoms with Crippen LogP contribution in [0, 0.1) is 0 Å². The Kier molecular flexibility index (Phi) is 4.03. The third-order valence-corrected chi connectivity index (χ3v) is 5.63. The average molecular weight is 338 g/mol. The van der Waals surface area contributed by atoms with Gasteiger partial charge >= 0.3 is 0 Å². The second-order valence-electron chi connectivity index (χ2n) is 5.61. The molecule has 0 radical (unpaired) electrons. The van der Waals surface area contributed by atoms with Crippen molar-refractivity contribution >= 4 is 15.9 Å². The molecule has 0 unspecified atom stereocenters. The van der Waals surface area contributed by atoms with E-state index in [-0.39, 0.29) is 22.6 Å². The quantitative estimate of drug-likeness (QED) is 0.852. The minimum absolute atomic E-state index is 0.124. The molecule has 3 rings (SSSR count). The number of amides is 1. The molecule has 8 heteroatoms. The standard InChI is InChI=1S/C15H18N2O5S/c1-16(2)23(19,20)14-9-11(10-22-14)15(18)17-7-3-5-12(17)13-6-4-8-21-13/h4,6,8-10,12H,3,5,7H2,1-2H3/t12-/m1/s1. The summed E-state index contributed by atoms with van der Waals surface area (Å²) in [6.07, 6.45) is 4.46. The Balaban J connectivity index is 1.85. The molecule has 0 spiro atoms. The minimum atomic E-state index is -3.69. The fraction of sp³-hybridized carbons (Fsp3) is 0.400. The van der Waals surface area contributed by atoms with E-state index in [2.05, 4.69) is 0 Å². The smallest absolute Gasteiger partial charge is 0.275 e. The van der Waals surface area contributed by atoms with Gasteiger partial charge in [0.1, 0.15) is 12.0 Å². The van der Waals surface area contributed by atoms with E-state index in [1.807, 2.05) is 6.07 Å². The molecule has 1 atom stereocenters. The van der Waals surface area contributed by atoms with Gasteiger partial charge < -0.3 is 13.7 Å². The molecular weight excluding hydrogens is 320 g/mol. The highest BCUT2D eigenvalue weighted by Gasteiger charge is 2.34. The number of rotatable bonds is 4. The second-order valence-corrected chi connectivity index (χ2v) is 7.70. The Morgan fingerprint density at radius 2 is 2.13 bits per heavy atom. The van der Waals surface area contributed by atoms with E-state index in [9.17, 15) is 13.2 Å². The van der Waals surface area contributed by atoms with Crippen LogP contribution in [0.25, 0.3) is 0 Å². The van der Waals surface area contributed by atoms with Crippen LogP contribution in [-0.4, -0.2) is 44.2 Å². The Bertz CT molecular complexity index is 792. The van der Waals surface area contributed by atoms with E-state index >= 15 is 0 Å². The zero-order valence-electron chi connectivity index (χ0n) is 12.9. The van der Waals surface area contributed by atoms with E-state index in [0.29, 0.717) is 6.54 Å². The summed E-state index contributed by atoms with van der Waals surface area (Å²) < 4.78 is 35.6. The normalized spacial score (nSPS) is 18.7. The van der Waals surface area contributed by atoms with Crippen molar-refractivity contribution in [3.05, 3.63) is 42.0 Å². The maximum atomic E-state index is 12.7. The van der Waals surface area contributed by atoms with E-state index in [0.717, 1.165) is 22.9 Å². The van der Waals surface area contributed by atoms with Crippen molar-refractivity contribution in [3.63, 3.8) is 0 Å². The summed E-state index contributed by atoms with van der Waals surface area (Å²) in [6, 6.07) is 4.78. The number of nitrogens with zero attached hydrogens (tertiary/aromatic N) is 2. The first kappa shape index (κ1) is 15.8. The predicted molar refractivity (Wildman–Crippen MR) is 81.3 cm³/mol. The molecule has 0 bridgehead atoms. The SMILES string of the molecule is CN(C)S(=O)(=O)c1cc(C(=O)N2CCC[C@@H]2c2ccco2)co1. The number of sulfonamides is 1. The highest BCUT2D eigenvalue weighted by atomic mass is 32.2. The molecule has 1 fully saturated rings. The van der Waals surface area contributed by atoms with Crippen LogP contribution in [0.5, 0.6) is 0 Å². The lowest BCUT2D eigenvalue weighted by atomic mass is 10.1. The van der Waals surface area contributed by atoms with Crippen molar-refractivity contribution in [1.29, 1.82) is 0 Å². The summed E-state index contributed by atoms with van der Waals surface area (Å²) in [4.78, 5) is 14.4. The third kappa shape index (κ3) is 2.79.